The van der Waals surface area contributed by atoms with Gasteiger partial charge in [-0.1, -0.05) is 6.07 Å². The Balaban J connectivity index is 2.29. The van der Waals surface area contributed by atoms with Gasteiger partial charge in [-0.2, -0.15) is 0 Å². The van der Waals surface area contributed by atoms with Crippen molar-refractivity contribution in [1.29, 1.82) is 0 Å². The highest BCUT2D eigenvalue weighted by Gasteiger charge is 2.25. The van der Waals surface area contributed by atoms with Crippen molar-refractivity contribution >= 4 is 16.0 Å². The van der Waals surface area contributed by atoms with Crippen LogP contribution in [0.2, 0.25) is 0 Å². The van der Waals surface area contributed by atoms with Gasteiger partial charge >= 0.3 is 5.97 Å². The normalized spacial score (nSPS) is 16.7. The van der Waals surface area contributed by atoms with E-state index in [0.717, 1.165) is 25.9 Å². The summed E-state index contributed by atoms with van der Waals surface area (Å²) in [5.74, 6) is -0.536. The quantitative estimate of drug-likeness (QED) is 0.804. The molecule has 0 unspecified atom stereocenters. The molecule has 6 nitrogen and oxygen atoms in total. The summed E-state index contributed by atoms with van der Waals surface area (Å²) in [7, 11) is -2.37. The maximum absolute atomic E-state index is 12.5. The van der Waals surface area contributed by atoms with Crippen molar-refractivity contribution in [2.45, 2.75) is 30.7 Å². The van der Waals surface area contributed by atoms with Gasteiger partial charge in [-0.15, -0.1) is 0 Å². The molecule has 1 aliphatic rings. The lowest BCUT2D eigenvalue weighted by molar-refractivity contribution is 0.0599. The lowest BCUT2D eigenvalue weighted by atomic mass is 10.1. The molecular weight excluding hydrogens is 292 g/mol. The first-order valence-electron chi connectivity index (χ1n) is 6.86. The molecule has 116 valence electrons. The van der Waals surface area contributed by atoms with Crippen molar-refractivity contribution in [3.05, 3.63) is 29.3 Å². The monoisotopic (exact) mass is 312 g/mol. The predicted molar refractivity (Wildman–Crippen MR) is 78.7 cm³/mol. The van der Waals surface area contributed by atoms with Gasteiger partial charge in [0.2, 0.25) is 10.0 Å². The molecule has 0 bridgehead atoms. The number of sulfonamides is 1. The Morgan fingerprint density at radius 1 is 1.33 bits per heavy atom. The molecule has 0 aliphatic carbocycles. The number of piperidine rings is 1. The average Bonchev–Trinajstić information content (AvgIpc) is 2.47. The molecule has 1 heterocycles. The van der Waals surface area contributed by atoms with Crippen molar-refractivity contribution in [3.63, 3.8) is 0 Å². The van der Waals surface area contributed by atoms with E-state index in [-0.39, 0.29) is 16.5 Å². The number of methoxy groups -OCH3 is 1. The van der Waals surface area contributed by atoms with Crippen LogP contribution in [0.5, 0.6) is 0 Å². The number of rotatable bonds is 4. The minimum atomic E-state index is -3.64. The molecular formula is C14H20N2O4S. The van der Waals surface area contributed by atoms with Crippen molar-refractivity contribution in [1.82, 2.24) is 10.0 Å². The summed E-state index contributed by atoms with van der Waals surface area (Å²) in [6.45, 7) is 3.21. The second-order valence-electron chi connectivity index (χ2n) is 5.07. The Kier molecular flexibility index (Phi) is 4.97. The third-order valence-corrected chi connectivity index (χ3v) is 5.30. The molecule has 0 spiro atoms. The van der Waals surface area contributed by atoms with E-state index in [1.54, 1.807) is 19.1 Å². The van der Waals surface area contributed by atoms with Crippen molar-refractivity contribution < 1.29 is 17.9 Å². The largest absolute Gasteiger partial charge is 0.465 e. The molecule has 1 aromatic carbocycles. The zero-order chi connectivity index (χ0) is 15.5. The molecule has 0 radical (unpaired) electrons. The Bertz CT molecular complexity index is 622. The van der Waals surface area contributed by atoms with Gasteiger partial charge in [0.15, 0.2) is 0 Å². The number of hydrogen-bond acceptors (Lipinski definition) is 5. The Hall–Kier alpha value is -1.44. The van der Waals surface area contributed by atoms with E-state index in [2.05, 4.69) is 14.8 Å². The predicted octanol–water partition coefficient (Wildman–Crippen LogP) is 0.812. The topological polar surface area (TPSA) is 84.5 Å². The van der Waals surface area contributed by atoms with Gasteiger partial charge in [0.25, 0.3) is 0 Å². The second kappa shape index (κ2) is 6.55. The fourth-order valence-corrected chi connectivity index (χ4v) is 4.03. The summed E-state index contributed by atoms with van der Waals surface area (Å²) in [4.78, 5) is 11.8. The van der Waals surface area contributed by atoms with E-state index < -0.39 is 16.0 Å². The zero-order valence-corrected chi connectivity index (χ0v) is 13.0. The summed E-state index contributed by atoms with van der Waals surface area (Å²) < 4.78 is 32.4. The molecule has 0 amide bonds. The van der Waals surface area contributed by atoms with Crippen LogP contribution < -0.4 is 10.0 Å². The van der Waals surface area contributed by atoms with E-state index in [4.69, 9.17) is 0 Å². The Morgan fingerprint density at radius 3 is 2.62 bits per heavy atom. The number of ether oxygens (including phenoxy) is 1. The van der Waals surface area contributed by atoms with Gasteiger partial charge in [0.1, 0.15) is 0 Å². The van der Waals surface area contributed by atoms with E-state index in [1.165, 1.54) is 13.2 Å². The maximum Gasteiger partial charge on any atom is 0.338 e. The van der Waals surface area contributed by atoms with Gasteiger partial charge in [-0.25, -0.2) is 17.9 Å². The summed E-state index contributed by atoms with van der Waals surface area (Å²) in [5.41, 5.74) is 0.677. The molecule has 1 aliphatic heterocycles. The van der Waals surface area contributed by atoms with Gasteiger partial charge in [0.05, 0.1) is 17.6 Å². The van der Waals surface area contributed by atoms with Crippen LogP contribution in [0.1, 0.15) is 28.8 Å². The van der Waals surface area contributed by atoms with Crippen LogP contribution in [0, 0.1) is 6.92 Å². The van der Waals surface area contributed by atoms with Gasteiger partial charge in [-0.05, 0) is 50.6 Å². The second-order valence-corrected chi connectivity index (χ2v) is 6.75. The third kappa shape index (κ3) is 3.61. The molecule has 1 fully saturated rings. The summed E-state index contributed by atoms with van der Waals surface area (Å²) >= 11 is 0. The number of carbonyl (C=O) groups is 1. The third-order valence-electron chi connectivity index (χ3n) is 3.64. The van der Waals surface area contributed by atoms with Gasteiger partial charge < -0.3 is 10.1 Å². The van der Waals surface area contributed by atoms with E-state index in [0.29, 0.717) is 5.56 Å². The standard InChI is InChI=1S/C14H20N2O4S/c1-10-12(14(17)20-2)4-3-5-13(10)21(18,19)16-11-6-8-15-9-7-11/h3-5,11,15-16H,6-9H2,1-2H3. The Labute approximate surface area is 124 Å². The molecule has 21 heavy (non-hydrogen) atoms. The molecule has 2 rings (SSSR count). The van der Waals surface area contributed by atoms with Crippen LogP contribution in [-0.2, 0) is 14.8 Å². The fourth-order valence-electron chi connectivity index (χ4n) is 2.46. The maximum atomic E-state index is 12.5. The lowest BCUT2D eigenvalue weighted by Gasteiger charge is -2.24. The van der Waals surface area contributed by atoms with Crippen LogP contribution in [0.4, 0.5) is 0 Å². The van der Waals surface area contributed by atoms with Gasteiger partial charge in [-0.3, -0.25) is 0 Å². The van der Waals surface area contributed by atoms with Crippen LogP contribution in [0.25, 0.3) is 0 Å². The molecule has 0 saturated carbocycles. The van der Waals surface area contributed by atoms with Gasteiger partial charge in [0, 0.05) is 6.04 Å². The average molecular weight is 312 g/mol. The van der Waals surface area contributed by atoms with Crippen LogP contribution >= 0.6 is 0 Å². The molecule has 0 atom stereocenters. The Morgan fingerprint density at radius 2 is 2.00 bits per heavy atom. The van der Waals surface area contributed by atoms with Crippen molar-refractivity contribution in [2.75, 3.05) is 20.2 Å². The highest BCUT2D eigenvalue weighted by atomic mass is 32.2. The molecule has 1 aromatic rings. The van der Waals surface area contributed by atoms with E-state index in [9.17, 15) is 13.2 Å². The van der Waals surface area contributed by atoms with Crippen LogP contribution in [0.15, 0.2) is 23.1 Å². The van der Waals surface area contributed by atoms with E-state index in [1.807, 2.05) is 0 Å². The van der Waals surface area contributed by atoms with Crippen LogP contribution in [-0.4, -0.2) is 40.6 Å². The fraction of sp³-hybridized carbons (Fsp3) is 0.500. The number of benzene rings is 1. The first-order valence-corrected chi connectivity index (χ1v) is 8.35. The summed E-state index contributed by atoms with van der Waals surface area (Å²) in [6.07, 6.45) is 1.52. The SMILES string of the molecule is COC(=O)c1cccc(S(=O)(=O)NC2CCNCC2)c1C. The number of nitrogens with one attached hydrogen (secondary N) is 2. The number of carbonyl (C=O) groups excluding carboxylic acids is 1. The zero-order valence-electron chi connectivity index (χ0n) is 12.2. The van der Waals surface area contributed by atoms with Crippen molar-refractivity contribution in [2.24, 2.45) is 0 Å². The summed E-state index contributed by atoms with van der Waals surface area (Å²) in [5, 5.41) is 3.19. The highest BCUT2D eigenvalue weighted by Crippen LogP contribution is 2.20. The number of esters is 1. The van der Waals surface area contributed by atoms with Crippen molar-refractivity contribution in [3.8, 4) is 0 Å². The lowest BCUT2D eigenvalue weighted by Crippen LogP contribution is -2.42. The molecule has 7 heteroatoms. The highest BCUT2D eigenvalue weighted by molar-refractivity contribution is 7.89. The number of hydrogen-bond donors (Lipinski definition) is 2. The first-order chi connectivity index (χ1) is 9.95. The smallest absolute Gasteiger partial charge is 0.338 e. The molecule has 1 saturated heterocycles. The molecule has 0 aromatic heterocycles. The minimum Gasteiger partial charge on any atom is -0.465 e. The summed E-state index contributed by atoms with van der Waals surface area (Å²) in [6, 6.07) is 4.55. The molecule has 2 N–H and O–H groups in total. The first kappa shape index (κ1) is 15.9. The van der Waals surface area contributed by atoms with Crippen LogP contribution in [0.3, 0.4) is 0 Å². The minimum absolute atomic E-state index is 0.0718. The van der Waals surface area contributed by atoms with E-state index >= 15 is 0 Å².